The van der Waals surface area contributed by atoms with E-state index < -0.39 is 11.8 Å². The van der Waals surface area contributed by atoms with E-state index in [0.29, 0.717) is 23.7 Å². The molecular weight excluding hydrogens is 260 g/mol. The monoisotopic (exact) mass is 280 g/mol. The summed E-state index contributed by atoms with van der Waals surface area (Å²) in [6, 6.07) is 4.95. The number of methoxy groups -OCH3 is 2. The van der Waals surface area contributed by atoms with Crippen molar-refractivity contribution < 1.29 is 19.1 Å². The lowest BCUT2D eigenvalue weighted by Crippen LogP contribution is -2.35. The Labute approximate surface area is 118 Å². The first-order valence-electron chi connectivity index (χ1n) is 6.43. The number of carbonyl (C=O) groups is 2. The van der Waals surface area contributed by atoms with Crippen molar-refractivity contribution in [1.29, 1.82) is 0 Å². The third-order valence-electron chi connectivity index (χ3n) is 2.68. The van der Waals surface area contributed by atoms with Gasteiger partial charge in [0.05, 0.1) is 19.9 Å². The largest absolute Gasteiger partial charge is 0.497 e. The molecule has 110 valence electrons. The lowest BCUT2D eigenvalue weighted by molar-refractivity contribution is -0.136. The average molecular weight is 280 g/mol. The maximum atomic E-state index is 11.8. The van der Waals surface area contributed by atoms with Crippen molar-refractivity contribution in [2.45, 2.75) is 19.8 Å². The third-order valence-corrected chi connectivity index (χ3v) is 2.68. The minimum Gasteiger partial charge on any atom is -0.497 e. The van der Waals surface area contributed by atoms with E-state index in [9.17, 15) is 9.59 Å². The summed E-state index contributed by atoms with van der Waals surface area (Å²) in [5.74, 6) is -0.371. The Bertz CT molecular complexity index is 474. The zero-order chi connectivity index (χ0) is 15.0. The Morgan fingerprint density at radius 2 is 1.90 bits per heavy atom. The summed E-state index contributed by atoms with van der Waals surface area (Å²) in [4.78, 5) is 23.3. The zero-order valence-electron chi connectivity index (χ0n) is 12.0. The van der Waals surface area contributed by atoms with Crippen LogP contribution in [-0.4, -0.2) is 32.6 Å². The van der Waals surface area contributed by atoms with E-state index in [2.05, 4.69) is 10.6 Å². The average Bonchev–Trinajstić information content (AvgIpc) is 2.47. The Kier molecular flexibility index (Phi) is 6.36. The molecule has 1 aromatic carbocycles. The summed E-state index contributed by atoms with van der Waals surface area (Å²) in [5, 5.41) is 5.05. The second-order valence-corrected chi connectivity index (χ2v) is 4.13. The van der Waals surface area contributed by atoms with Gasteiger partial charge in [0.25, 0.3) is 0 Å². The number of ether oxygens (including phenoxy) is 2. The summed E-state index contributed by atoms with van der Waals surface area (Å²) in [5.41, 5.74) is 0.391. The van der Waals surface area contributed by atoms with E-state index in [1.165, 1.54) is 14.2 Å². The van der Waals surface area contributed by atoms with E-state index in [-0.39, 0.29) is 0 Å². The van der Waals surface area contributed by atoms with Gasteiger partial charge in [-0.15, -0.1) is 0 Å². The van der Waals surface area contributed by atoms with Gasteiger partial charge < -0.3 is 20.1 Å². The van der Waals surface area contributed by atoms with Gasteiger partial charge in [0.15, 0.2) is 0 Å². The van der Waals surface area contributed by atoms with Gasteiger partial charge in [-0.05, 0) is 18.6 Å². The summed E-state index contributed by atoms with van der Waals surface area (Å²) in [6.07, 6.45) is 1.78. The number of unbranched alkanes of at least 4 members (excludes halogenated alkanes) is 1. The lowest BCUT2D eigenvalue weighted by Gasteiger charge is -2.11. The van der Waals surface area contributed by atoms with E-state index in [1.807, 2.05) is 6.92 Å². The summed E-state index contributed by atoms with van der Waals surface area (Å²) < 4.78 is 10.2. The maximum absolute atomic E-state index is 11.8. The molecule has 0 aromatic heterocycles. The van der Waals surface area contributed by atoms with Crippen LogP contribution >= 0.6 is 0 Å². The van der Waals surface area contributed by atoms with Gasteiger partial charge >= 0.3 is 11.8 Å². The Balaban J connectivity index is 2.71. The van der Waals surface area contributed by atoms with Gasteiger partial charge in [-0.25, -0.2) is 0 Å². The van der Waals surface area contributed by atoms with Crippen molar-refractivity contribution in [2.24, 2.45) is 0 Å². The van der Waals surface area contributed by atoms with E-state index >= 15 is 0 Å². The number of hydrogen-bond acceptors (Lipinski definition) is 4. The summed E-state index contributed by atoms with van der Waals surface area (Å²) in [7, 11) is 3.00. The van der Waals surface area contributed by atoms with Crippen molar-refractivity contribution in [2.75, 3.05) is 26.1 Å². The number of nitrogens with one attached hydrogen (secondary N) is 2. The third kappa shape index (κ3) is 4.46. The highest BCUT2D eigenvalue weighted by molar-refractivity contribution is 6.39. The number of benzene rings is 1. The van der Waals surface area contributed by atoms with Crippen LogP contribution in [0.25, 0.3) is 0 Å². The Hall–Kier alpha value is -2.24. The SMILES string of the molecule is CCCCNC(=O)C(=O)Nc1cc(OC)ccc1OC. The second-order valence-electron chi connectivity index (χ2n) is 4.13. The van der Waals surface area contributed by atoms with E-state index in [0.717, 1.165) is 12.8 Å². The maximum Gasteiger partial charge on any atom is 0.313 e. The predicted octanol–water partition coefficient (Wildman–Crippen LogP) is 1.56. The molecule has 0 fully saturated rings. The fraction of sp³-hybridized carbons (Fsp3) is 0.429. The van der Waals surface area contributed by atoms with Crippen LogP contribution in [0, 0.1) is 0 Å². The predicted molar refractivity (Wildman–Crippen MR) is 76.1 cm³/mol. The van der Waals surface area contributed by atoms with Gasteiger partial charge in [-0.2, -0.15) is 0 Å². The van der Waals surface area contributed by atoms with Gasteiger partial charge in [0.1, 0.15) is 11.5 Å². The fourth-order valence-corrected chi connectivity index (χ4v) is 1.55. The minimum atomic E-state index is -0.729. The first-order valence-corrected chi connectivity index (χ1v) is 6.43. The Morgan fingerprint density at radius 1 is 1.15 bits per heavy atom. The van der Waals surface area contributed by atoms with Gasteiger partial charge in [-0.1, -0.05) is 13.3 Å². The molecule has 1 aromatic rings. The van der Waals surface area contributed by atoms with Gasteiger partial charge in [-0.3, -0.25) is 9.59 Å². The molecule has 0 aliphatic heterocycles. The molecule has 2 amide bonds. The molecule has 20 heavy (non-hydrogen) atoms. The van der Waals surface area contributed by atoms with Crippen LogP contribution in [0.15, 0.2) is 18.2 Å². The minimum absolute atomic E-state index is 0.391. The molecule has 0 radical (unpaired) electrons. The molecule has 0 heterocycles. The first kappa shape index (κ1) is 15.8. The Morgan fingerprint density at radius 3 is 2.50 bits per heavy atom. The smallest absolute Gasteiger partial charge is 0.313 e. The molecule has 1 rings (SSSR count). The van der Waals surface area contributed by atoms with Crippen LogP contribution in [0.2, 0.25) is 0 Å². The van der Waals surface area contributed by atoms with Crippen LogP contribution < -0.4 is 20.1 Å². The van der Waals surface area contributed by atoms with E-state index in [4.69, 9.17) is 9.47 Å². The van der Waals surface area contributed by atoms with Crippen molar-refractivity contribution in [3.8, 4) is 11.5 Å². The van der Waals surface area contributed by atoms with Crippen molar-refractivity contribution in [3.63, 3.8) is 0 Å². The second kappa shape index (κ2) is 8.04. The number of rotatable bonds is 6. The molecule has 0 atom stereocenters. The standard InChI is InChI=1S/C14H20N2O4/c1-4-5-8-15-13(17)14(18)16-11-9-10(19-2)6-7-12(11)20-3/h6-7,9H,4-5,8H2,1-3H3,(H,15,17)(H,16,18). The molecule has 0 saturated heterocycles. The van der Waals surface area contributed by atoms with Crippen LogP contribution in [0.3, 0.4) is 0 Å². The molecule has 0 unspecified atom stereocenters. The van der Waals surface area contributed by atoms with Crippen LogP contribution in [0.1, 0.15) is 19.8 Å². The molecule has 0 aliphatic rings. The molecule has 2 N–H and O–H groups in total. The first-order chi connectivity index (χ1) is 9.62. The lowest BCUT2D eigenvalue weighted by atomic mass is 10.2. The molecule has 0 bridgehead atoms. The van der Waals surface area contributed by atoms with Crippen molar-refractivity contribution in [3.05, 3.63) is 18.2 Å². The van der Waals surface area contributed by atoms with Crippen LogP contribution in [0.5, 0.6) is 11.5 Å². The van der Waals surface area contributed by atoms with Gasteiger partial charge in [0, 0.05) is 12.6 Å². The molecule has 0 aliphatic carbocycles. The van der Waals surface area contributed by atoms with Crippen LogP contribution in [0.4, 0.5) is 5.69 Å². The number of carbonyl (C=O) groups excluding carboxylic acids is 2. The highest BCUT2D eigenvalue weighted by Gasteiger charge is 2.15. The van der Waals surface area contributed by atoms with Crippen molar-refractivity contribution in [1.82, 2.24) is 5.32 Å². The number of hydrogen-bond donors (Lipinski definition) is 2. The van der Waals surface area contributed by atoms with Crippen molar-refractivity contribution >= 4 is 17.5 Å². The highest BCUT2D eigenvalue weighted by Crippen LogP contribution is 2.28. The normalized spacial score (nSPS) is 9.75. The summed E-state index contributed by atoms with van der Waals surface area (Å²) >= 11 is 0. The van der Waals surface area contributed by atoms with Gasteiger partial charge in [0.2, 0.25) is 0 Å². The number of anilines is 1. The molecule has 6 heteroatoms. The molecular formula is C14H20N2O4. The molecule has 6 nitrogen and oxygen atoms in total. The molecule has 0 spiro atoms. The summed E-state index contributed by atoms with van der Waals surface area (Å²) in [6.45, 7) is 2.49. The fourth-order valence-electron chi connectivity index (χ4n) is 1.55. The zero-order valence-corrected chi connectivity index (χ0v) is 12.0. The number of amides is 2. The topological polar surface area (TPSA) is 76.7 Å². The van der Waals surface area contributed by atoms with E-state index in [1.54, 1.807) is 18.2 Å². The quantitative estimate of drug-likeness (QED) is 0.612. The molecule has 0 saturated carbocycles. The highest BCUT2D eigenvalue weighted by atomic mass is 16.5. The van der Waals surface area contributed by atoms with Crippen LogP contribution in [-0.2, 0) is 9.59 Å².